The molecule has 0 fully saturated rings. The van der Waals surface area contributed by atoms with Gasteiger partial charge in [-0.05, 0) is 36.2 Å². The molecule has 0 saturated heterocycles. The zero-order chi connectivity index (χ0) is 15.2. The number of sulfonamides is 1. The van der Waals surface area contributed by atoms with Gasteiger partial charge in [-0.3, -0.25) is 4.79 Å². The zero-order valence-electron chi connectivity index (χ0n) is 11.3. The van der Waals surface area contributed by atoms with Crippen molar-refractivity contribution < 1.29 is 13.2 Å². The molecule has 6 nitrogen and oxygen atoms in total. The Morgan fingerprint density at radius 1 is 1.24 bits per heavy atom. The fourth-order valence-electron chi connectivity index (χ4n) is 2.29. The highest BCUT2D eigenvalue weighted by molar-refractivity contribution is 7.90. The zero-order valence-corrected chi connectivity index (χ0v) is 12.1. The van der Waals surface area contributed by atoms with Crippen LogP contribution in [-0.2, 0) is 16.6 Å². The summed E-state index contributed by atoms with van der Waals surface area (Å²) in [6.07, 6.45) is 1.36. The van der Waals surface area contributed by atoms with E-state index in [2.05, 4.69) is 4.98 Å². The average Bonchev–Trinajstić information content (AvgIpc) is 2.65. The van der Waals surface area contributed by atoms with Gasteiger partial charge < -0.3 is 5.73 Å². The number of rotatable bonds is 2. The predicted molar refractivity (Wildman–Crippen MR) is 76.9 cm³/mol. The maximum Gasteiger partial charge on any atom is 0.285 e. The van der Waals surface area contributed by atoms with E-state index in [-0.39, 0.29) is 17.1 Å². The second-order valence-electron chi connectivity index (χ2n) is 4.80. The summed E-state index contributed by atoms with van der Waals surface area (Å²) in [6, 6.07) is 8.23. The summed E-state index contributed by atoms with van der Waals surface area (Å²) in [5.41, 5.74) is 7.95. The van der Waals surface area contributed by atoms with Crippen LogP contribution in [0.2, 0.25) is 0 Å². The minimum atomic E-state index is -3.89. The van der Waals surface area contributed by atoms with Crippen molar-refractivity contribution in [3.63, 3.8) is 0 Å². The quantitative estimate of drug-likeness (QED) is 0.844. The number of hydrogen-bond acceptors (Lipinski definition) is 5. The Balaban J connectivity index is 2.06. The van der Waals surface area contributed by atoms with Crippen molar-refractivity contribution in [2.45, 2.75) is 18.5 Å². The minimum Gasteiger partial charge on any atom is -0.399 e. The monoisotopic (exact) mass is 303 g/mol. The first-order valence-corrected chi connectivity index (χ1v) is 7.73. The fourth-order valence-corrected chi connectivity index (χ4v) is 3.75. The third-order valence-corrected chi connectivity index (χ3v) is 5.25. The van der Waals surface area contributed by atoms with Gasteiger partial charge in [-0.15, -0.1) is 0 Å². The highest BCUT2D eigenvalue weighted by atomic mass is 32.2. The molecule has 0 unspecified atom stereocenters. The predicted octanol–water partition coefficient (Wildman–Crippen LogP) is 1.32. The standard InChI is InChI=1S/C14H13N3O3S/c1-9-10(4-2-6-12(9)15)8-17-14(18)11-5-3-7-16-13(11)21(17,19)20/h2-7H,8,15H2,1H3. The first kappa shape index (κ1) is 13.6. The Hall–Kier alpha value is -2.41. The van der Waals surface area contributed by atoms with Gasteiger partial charge in [0.1, 0.15) is 0 Å². The van der Waals surface area contributed by atoms with Gasteiger partial charge in [-0.2, -0.15) is 8.42 Å². The van der Waals surface area contributed by atoms with E-state index in [1.54, 1.807) is 31.2 Å². The van der Waals surface area contributed by atoms with Crippen molar-refractivity contribution in [1.29, 1.82) is 0 Å². The molecule has 2 heterocycles. The lowest BCUT2D eigenvalue weighted by molar-refractivity contribution is 0.0864. The second kappa shape index (κ2) is 4.56. The molecule has 0 spiro atoms. The van der Waals surface area contributed by atoms with E-state index in [4.69, 9.17) is 5.73 Å². The van der Waals surface area contributed by atoms with Gasteiger partial charge in [0.15, 0.2) is 5.03 Å². The van der Waals surface area contributed by atoms with Crippen molar-refractivity contribution >= 4 is 21.6 Å². The molecule has 0 saturated carbocycles. The van der Waals surface area contributed by atoms with Gasteiger partial charge >= 0.3 is 0 Å². The van der Waals surface area contributed by atoms with E-state index in [1.807, 2.05) is 0 Å². The van der Waals surface area contributed by atoms with Crippen LogP contribution in [0.4, 0.5) is 5.69 Å². The first-order chi connectivity index (χ1) is 9.93. The van der Waals surface area contributed by atoms with E-state index in [9.17, 15) is 13.2 Å². The molecule has 2 aromatic rings. The van der Waals surface area contributed by atoms with Crippen LogP contribution in [0.3, 0.4) is 0 Å². The third kappa shape index (κ3) is 1.97. The highest BCUT2D eigenvalue weighted by Gasteiger charge is 2.42. The summed E-state index contributed by atoms with van der Waals surface area (Å²) in [7, 11) is -3.89. The Labute approximate surface area is 122 Å². The Morgan fingerprint density at radius 2 is 2.00 bits per heavy atom. The average molecular weight is 303 g/mol. The Morgan fingerprint density at radius 3 is 2.71 bits per heavy atom. The number of amides is 1. The smallest absolute Gasteiger partial charge is 0.285 e. The lowest BCUT2D eigenvalue weighted by Crippen LogP contribution is -2.30. The van der Waals surface area contributed by atoms with Gasteiger partial charge in [-0.25, -0.2) is 9.29 Å². The number of nitrogen functional groups attached to an aromatic ring is 1. The first-order valence-electron chi connectivity index (χ1n) is 6.29. The summed E-state index contributed by atoms with van der Waals surface area (Å²) in [5.74, 6) is -0.556. The van der Waals surface area contributed by atoms with E-state index >= 15 is 0 Å². The summed E-state index contributed by atoms with van der Waals surface area (Å²) in [6.45, 7) is 1.75. The highest BCUT2D eigenvalue weighted by Crippen LogP contribution is 2.30. The van der Waals surface area contributed by atoms with E-state index in [0.717, 1.165) is 9.87 Å². The van der Waals surface area contributed by atoms with E-state index in [1.165, 1.54) is 12.3 Å². The van der Waals surface area contributed by atoms with Crippen molar-refractivity contribution in [3.05, 3.63) is 53.2 Å². The van der Waals surface area contributed by atoms with Crippen LogP contribution in [0, 0.1) is 6.92 Å². The summed E-state index contributed by atoms with van der Waals surface area (Å²) < 4.78 is 25.7. The SMILES string of the molecule is Cc1c(N)cccc1CN1C(=O)c2cccnc2S1(=O)=O. The minimum absolute atomic E-state index is 0.0472. The van der Waals surface area contributed by atoms with Crippen LogP contribution in [0.1, 0.15) is 21.5 Å². The second-order valence-corrected chi connectivity index (χ2v) is 6.58. The number of benzene rings is 1. The van der Waals surface area contributed by atoms with Crippen LogP contribution >= 0.6 is 0 Å². The molecule has 108 valence electrons. The number of fused-ring (bicyclic) bond motifs is 1. The Bertz CT molecular complexity index is 846. The molecule has 0 aliphatic carbocycles. The molecular formula is C14H13N3O3S. The maximum absolute atomic E-state index is 12.4. The molecule has 1 aromatic carbocycles. The molecule has 1 aliphatic heterocycles. The number of nitrogens with zero attached hydrogens (tertiary/aromatic N) is 2. The van der Waals surface area contributed by atoms with Gasteiger partial charge in [-0.1, -0.05) is 12.1 Å². The van der Waals surface area contributed by atoms with Gasteiger partial charge in [0, 0.05) is 11.9 Å². The number of carbonyl (C=O) groups excluding carboxylic acids is 1. The molecule has 1 amide bonds. The lowest BCUT2D eigenvalue weighted by atomic mass is 10.1. The van der Waals surface area contributed by atoms with Crippen molar-refractivity contribution in [2.75, 3.05) is 5.73 Å². The van der Waals surface area contributed by atoms with Crippen LogP contribution in [0.15, 0.2) is 41.6 Å². The largest absolute Gasteiger partial charge is 0.399 e. The van der Waals surface area contributed by atoms with Crippen LogP contribution in [-0.4, -0.2) is 23.6 Å². The molecule has 2 N–H and O–H groups in total. The maximum atomic E-state index is 12.4. The molecule has 3 rings (SSSR count). The molecule has 0 atom stereocenters. The fraction of sp³-hybridized carbons (Fsp3) is 0.143. The van der Waals surface area contributed by atoms with Crippen molar-refractivity contribution in [3.8, 4) is 0 Å². The number of hydrogen-bond donors (Lipinski definition) is 1. The van der Waals surface area contributed by atoms with E-state index < -0.39 is 15.9 Å². The number of pyridine rings is 1. The van der Waals surface area contributed by atoms with Crippen LogP contribution < -0.4 is 5.73 Å². The molecule has 1 aliphatic rings. The molecule has 7 heteroatoms. The number of carbonyl (C=O) groups is 1. The van der Waals surface area contributed by atoms with Crippen LogP contribution in [0.25, 0.3) is 0 Å². The lowest BCUT2D eigenvalue weighted by Gasteiger charge is -2.17. The summed E-state index contributed by atoms with van der Waals surface area (Å²) in [4.78, 5) is 16.1. The van der Waals surface area contributed by atoms with Crippen molar-refractivity contribution in [2.24, 2.45) is 0 Å². The van der Waals surface area contributed by atoms with E-state index in [0.29, 0.717) is 11.3 Å². The van der Waals surface area contributed by atoms with Gasteiger partial charge in [0.25, 0.3) is 15.9 Å². The molecule has 0 bridgehead atoms. The number of nitrogens with two attached hydrogens (primary N) is 1. The van der Waals surface area contributed by atoms with Gasteiger partial charge in [0.2, 0.25) is 0 Å². The molecule has 21 heavy (non-hydrogen) atoms. The van der Waals surface area contributed by atoms with Gasteiger partial charge in [0.05, 0.1) is 12.1 Å². The topological polar surface area (TPSA) is 93.4 Å². The number of anilines is 1. The molecule has 1 aromatic heterocycles. The Kier molecular flexibility index (Phi) is 2.94. The molecular weight excluding hydrogens is 290 g/mol. The summed E-state index contributed by atoms with van der Waals surface area (Å²) in [5, 5.41) is -0.184. The number of aromatic nitrogens is 1. The van der Waals surface area contributed by atoms with Crippen LogP contribution in [0.5, 0.6) is 0 Å². The summed E-state index contributed by atoms with van der Waals surface area (Å²) >= 11 is 0. The third-order valence-electron chi connectivity index (χ3n) is 3.56. The molecule has 0 radical (unpaired) electrons. The normalized spacial score (nSPS) is 16.0. The van der Waals surface area contributed by atoms with Crippen molar-refractivity contribution in [1.82, 2.24) is 9.29 Å².